The molecule has 0 unspecified atom stereocenters. The lowest BCUT2D eigenvalue weighted by Crippen LogP contribution is -2.16. The lowest BCUT2D eigenvalue weighted by atomic mass is 10.1. The highest BCUT2D eigenvalue weighted by atomic mass is 79.9. The molecule has 0 aromatic heterocycles. The fourth-order valence-electron chi connectivity index (χ4n) is 2.29. The van der Waals surface area contributed by atoms with E-state index in [4.69, 9.17) is 21.1 Å². The monoisotopic (exact) mass is 367 g/mol. The van der Waals surface area contributed by atoms with Gasteiger partial charge in [-0.3, -0.25) is 0 Å². The van der Waals surface area contributed by atoms with Gasteiger partial charge in [0, 0.05) is 17.3 Å². The van der Waals surface area contributed by atoms with Crippen LogP contribution >= 0.6 is 27.5 Å². The fourth-order valence-corrected chi connectivity index (χ4v) is 3.12. The van der Waals surface area contributed by atoms with Gasteiger partial charge in [0.15, 0.2) is 11.5 Å². The number of fused-ring (bicyclic) bond motifs is 1. The minimum Gasteiger partial charge on any atom is -0.486 e. The Balaban J connectivity index is 1.77. The van der Waals surface area contributed by atoms with Crippen LogP contribution in [0.1, 0.15) is 11.1 Å². The average molecular weight is 369 g/mol. The largest absolute Gasteiger partial charge is 0.486 e. The summed E-state index contributed by atoms with van der Waals surface area (Å²) < 4.78 is 12.2. The predicted octanol–water partition coefficient (Wildman–Crippen LogP) is 4.79. The number of rotatable bonds is 3. The molecule has 1 N–H and O–H groups in total. The lowest BCUT2D eigenvalue weighted by molar-refractivity contribution is 0.170. The van der Waals surface area contributed by atoms with E-state index < -0.39 is 0 Å². The van der Waals surface area contributed by atoms with E-state index in [1.807, 2.05) is 37.3 Å². The van der Waals surface area contributed by atoms with Gasteiger partial charge < -0.3 is 14.8 Å². The standard InChI is InChI=1S/C16H15BrClNO2/c1-10-6-12(18)2-3-14(10)19-9-11-7-13(17)16-15(8-11)20-4-5-21-16/h2-3,6-8,19H,4-5,9H2,1H3. The third-order valence-electron chi connectivity index (χ3n) is 3.33. The second-order valence-electron chi connectivity index (χ2n) is 4.91. The van der Waals surface area contributed by atoms with Gasteiger partial charge in [0.05, 0.1) is 4.47 Å². The summed E-state index contributed by atoms with van der Waals surface area (Å²) in [5.74, 6) is 1.58. The Labute approximate surface area is 137 Å². The number of hydrogen-bond acceptors (Lipinski definition) is 3. The number of nitrogens with one attached hydrogen (secondary N) is 1. The van der Waals surface area contributed by atoms with Gasteiger partial charge in [-0.15, -0.1) is 0 Å². The molecule has 0 aliphatic carbocycles. The van der Waals surface area contributed by atoms with E-state index in [-0.39, 0.29) is 0 Å². The normalized spacial score (nSPS) is 13.1. The van der Waals surface area contributed by atoms with Gasteiger partial charge in [-0.1, -0.05) is 11.6 Å². The minimum absolute atomic E-state index is 0.590. The van der Waals surface area contributed by atoms with Crippen molar-refractivity contribution in [1.82, 2.24) is 0 Å². The fraction of sp³-hybridized carbons (Fsp3) is 0.250. The Kier molecular flexibility index (Phi) is 4.27. The van der Waals surface area contributed by atoms with Crippen molar-refractivity contribution < 1.29 is 9.47 Å². The third kappa shape index (κ3) is 3.27. The molecule has 0 bridgehead atoms. The molecular formula is C16H15BrClNO2. The van der Waals surface area contributed by atoms with Crippen molar-refractivity contribution in [3.63, 3.8) is 0 Å². The minimum atomic E-state index is 0.590. The SMILES string of the molecule is Cc1cc(Cl)ccc1NCc1cc(Br)c2c(c1)OCCO2. The molecule has 110 valence electrons. The average Bonchev–Trinajstić information content (AvgIpc) is 2.46. The Morgan fingerprint density at radius 3 is 2.81 bits per heavy atom. The smallest absolute Gasteiger partial charge is 0.175 e. The first kappa shape index (κ1) is 14.5. The van der Waals surface area contributed by atoms with Crippen LogP contribution in [-0.4, -0.2) is 13.2 Å². The summed E-state index contributed by atoms with van der Waals surface area (Å²) in [5.41, 5.74) is 3.32. The summed E-state index contributed by atoms with van der Waals surface area (Å²) in [7, 11) is 0. The zero-order chi connectivity index (χ0) is 14.8. The van der Waals surface area contributed by atoms with Crippen LogP contribution in [0, 0.1) is 6.92 Å². The van der Waals surface area contributed by atoms with Gasteiger partial charge in [0.1, 0.15) is 13.2 Å². The molecule has 2 aromatic rings. The molecule has 0 saturated heterocycles. The molecule has 1 heterocycles. The maximum Gasteiger partial charge on any atom is 0.175 e. The summed E-state index contributed by atoms with van der Waals surface area (Å²) in [5, 5.41) is 4.16. The zero-order valence-electron chi connectivity index (χ0n) is 11.6. The predicted molar refractivity (Wildman–Crippen MR) is 88.6 cm³/mol. The van der Waals surface area contributed by atoms with Crippen LogP contribution in [0.4, 0.5) is 5.69 Å². The van der Waals surface area contributed by atoms with E-state index in [9.17, 15) is 0 Å². The van der Waals surface area contributed by atoms with Crippen LogP contribution in [-0.2, 0) is 6.54 Å². The number of hydrogen-bond donors (Lipinski definition) is 1. The number of benzene rings is 2. The first-order valence-electron chi connectivity index (χ1n) is 6.71. The Morgan fingerprint density at radius 2 is 2.00 bits per heavy atom. The number of halogens is 2. The molecule has 0 saturated carbocycles. The van der Waals surface area contributed by atoms with Crippen molar-refractivity contribution in [2.75, 3.05) is 18.5 Å². The van der Waals surface area contributed by atoms with Crippen LogP contribution in [0.5, 0.6) is 11.5 Å². The molecule has 0 spiro atoms. The molecule has 3 rings (SSSR count). The molecule has 1 aliphatic heterocycles. The highest BCUT2D eigenvalue weighted by Crippen LogP contribution is 2.38. The summed E-state index contributed by atoms with van der Waals surface area (Å²) in [6.45, 7) is 3.92. The van der Waals surface area contributed by atoms with Crippen LogP contribution < -0.4 is 14.8 Å². The third-order valence-corrected chi connectivity index (χ3v) is 4.15. The topological polar surface area (TPSA) is 30.5 Å². The van der Waals surface area contributed by atoms with Crippen molar-refractivity contribution in [2.45, 2.75) is 13.5 Å². The van der Waals surface area contributed by atoms with Gasteiger partial charge in [-0.2, -0.15) is 0 Å². The van der Waals surface area contributed by atoms with Crippen LogP contribution in [0.25, 0.3) is 0 Å². The molecule has 0 atom stereocenters. The molecule has 0 radical (unpaired) electrons. The summed E-state index contributed by atoms with van der Waals surface area (Å²) >= 11 is 9.50. The molecule has 2 aromatic carbocycles. The van der Waals surface area contributed by atoms with Gasteiger partial charge in [0.2, 0.25) is 0 Å². The maximum atomic E-state index is 5.97. The Bertz CT molecular complexity index is 676. The van der Waals surface area contributed by atoms with E-state index in [2.05, 4.69) is 21.2 Å². The van der Waals surface area contributed by atoms with Crippen LogP contribution in [0.2, 0.25) is 5.02 Å². The summed E-state index contributed by atoms with van der Waals surface area (Å²) in [6.07, 6.45) is 0. The van der Waals surface area contributed by atoms with Crippen molar-refractivity contribution >= 4 is 33.2 Å². The van der Waals surface area contributed by atoms with E-state index in [1.54, 1.807) is 0 Å². The first-order valence-corrected chi connectivity index (χ1v) is 7.88. The molecule has 0 fully saturated rings. The van der Waals surface area contributed by atoms with E-state index in [0.717, 1.165) is 37.8 Å². The van der Waals surface area contributed by atoms with E-state index >= 15 is 0 Å². The number of anilines is 1. The van der Waals surface area contributed by atoms with Crippen molar-refractivity contribution in [3.8, 4) is 11.5 Å². The second-order valence-corrected chi connectivity index (χ2v) is 6.21. The van der Waals surface area contributed by atoms with Crippen LogP contribution in [0.15, 0.2) is 34.8 Å². The van der Waals surface area contributed by atoms with Gasteiger partial charge in [-0.25, -0.2) is 0 Å². The number of aryl methyl sites for hydroxylation is 1. The molecule has 5 heteroatoms. The highest BCUT2D eigenvalue weighted by molar-refractivity contribution is 9.10. The quantitative estimate of drug-likeness (QED) is 0.844. The lowest BCUT2D eigenvalue weighted by Gasteiger charge is -2.20. The molecular weight excluding hydrogens is 354 g/mol. The summed E-state index contributed by atoms with van der Waals surface area (Å²) in [4.78, 5) is 0. The molecule has 1 aliphatic rings. The first-order chi connectivity index (χ1) is 10.1. The van der Waals surface area contributed by atoms with E-state index in [1.165, 1.54) is 0 Å². The summed E-state index contributed by atoms with van der Waals surface area (Å²) in [6, 6.07) is 9.88. The van der Waals surface area contributed by atoms with Crippen molar-refractivity contribution in [2.24, 2.45) is 0 Å². The number of ether oxygens (including phenoxy) is 2. The van der Waals surface area contributed by atoms with Gasteiger partial charge in [0.25, 0.3) is 0 Å². The second kappa shape index (κ2) is 6.16. The van der Waals surface area contributed by atoms with Crippen molar-refractivity contribution in [3.05, 3.63) is 51.0 Å². The molecule has 0 amide bonds. The molecule has 21 heavy (non-hydrogen) atoms. The molecule has 3 nitrogen and oxygen atoms in total. The van der Waals surface area contributed by atoms with Crippen molar-refractivity contribution in [1.29, 1.82) is 0 Å². The Morgan fingerprint density at radius 1 is 1.19 bits per heavy atom. The van der Waals surface area contributed by atoms with Crippen LogP contribution in [0.3, 0.4) is 0 Å². The zero-order valence-corrected chi connectivity index (χ0v) is 13.9. The van der Waals surface area contributed by atoms with Gasteiger partial charge >= 0.3 is 0 Å². The van der Waals surface area contributed by atoms with E-state index in [0.29, 0.717) is 19.8 Å². The highest BCUT2D eigenvalue weighted by Gasteiger charge is 2.16. The van der Waals surface area contributed by atoms with Gasteiger partial charge in [-0.05, 0) is 64.3 Å². The maximum absolute atomic E-state index is 5.97. The Hall–Kier alpha value is -1.39.